The van der Waals surface area contributed by atoms with Crippen LogP contribution in [0.3, 0.4) is 0 Å². The minimum atomic E-state index is 0.639. The smallest absolute Gasteiger partial charge is 0.0408 e. The molecule has 3 aliphatic rings. The van der Waals surface area contributed by atoms with E-state index in [1.54, 1.807) is 0 Å². The number of aryl methyl sites for hydroxylation is 1. The van der Waals surface area contributed by atoms with Crippen molar-refractivity contribution in [3.63, 3.8) is 0 Å². The molecule has 102 valence electrons. The number of hydrogen-bond donors (Lipinski definition) is 1. The van der Waals surface area contributed by atoms with Crippen LogP contribution in [0.5, 0.6) is 0 Å². The number of benzene rings is 1. The molecule has 19 heavy (non-hydrogen) atoms. The SMILES string of the molecule is Clc1ccc2c(c1)CCC2N1CCCC2CNCC21. The van der Waals surface area contributed by atoms with Gasteiger partial charge in [0.05, 0.1) is 0 Å². The Kier molecular flexibility index (Phi) is 3.06. The van der Waals surface area contributed by atoms with Gasteiger partial charge in [0.2, 0.25) is 0 Å². The second-order valence-corrected chi connectivity index (χ2v) is 6.70. The molecule has 1 aliphatic carbocycles. The molecule has 0 saturated carbocycles. The third-order valence-electron chi connectivity index (χ3n) is 5.27. The Labute approximate surface area is 120 Å². The molecule has 0 spiro atoms. The molecule has 2 aliphatic heterocycles. The van der Waals surface area contributed by atoms with Crippen LogP contribution in [0, 0.1) is 5.92 Å². The van der Waals surface area contributed by atoms with Crippen LogP contribution in [0.4, 0.5) is 0 Å². The topological polar surface area (TPSA) is 15.3 Å². The number of piperidine rings is 1. The average molecular weight is 277 g/mol. The van der Waals surface area contributed by atoms with Crippen LogP contribution in [0.25, 0.3) is 0 Å². The monoisotopic (exact) mass is 276 g/mol. The molecule has 3 unspecified atom stereocenters. The van der Waals surface area contributed by atoms with Gasteiger partial charge in [-0.1, -0.05) is 17.7 Å². The lowest BCUT2D eigenvalue weighted by atomic mass is 9.89. The average Bonchev–Trinajstić information content (AvgIpc) is 3.03. The molecule has 1 N–H and O–H groups in total. The Morgan fingerprint density at radius 2 is 2.16 bits per heavy atom. The highest BCUT2D eigenvalue weighted by Crippen LogP contribution is 2.41. The number of nitrogens with one attached hydrogen (secondary N) is 1. The van der Waals surface area contributed by atoms with Gasteiger partial charge in [0.1, 0.15) is 0 Å². The summed E-state index contributed by atoms with van der Waals surface area (Å²) in [4.78, 5) is 2.79. The van der Waals surface area contributed by atoms with Gasteiger partial charge >= 0.3 is 0 Å². The molecule has 2 heterocycles. The third kappa shape index (κ3) is 2.01. The van der Waals surface area contributed by atoms with Crippen molar-refractivity contribution in [1.29, 1.82) is 0 Å². The quantitative estimate of drug-likeness (QED) is 0.848. The van der Waals surface area contributed by atoms with Crippen LogP contribution in [-0.2, 0) is 6.42 Å². The largest absolute Gasteiger partial charge is 0.315 e. The number of likely N-dealkylation sites (tertiary alicyclic amines) is 1. The molecule has 2 fully saturated rings. The zero-order valence-corrected chi connectivity index (χ0v) is 12.0. The number of hydrogen-bond acceptors (Lipinski definition) is 2. The fourth-order valence-corrected chi connectivity index (χ4v) is 4.59. The zero-order chi connectivity index (χ0) is 12.8. The molecule has 0 amide bonds. The van der Waals surface area contributed by atoms with E-state index in [0.717, 1.165) is 17.0 Å². The summed E-state index contributed by atoms with van der Waals surface area (Å²) in [5.74, 6) is 0.880. The first-order valence-corrected chi connectivity index (χ1v) is 7.95. The van der Waals surface area contributed by atoms with E-state index in [1.807, 2.05) is 0 Å². The van der Waals surface area contributed by atoms with Gasteiger partial charge in [-0.3, -0.25) is 4.90 Å². The third-order valence-corrected chi connectivity index (χ3v) is 5.51. The minimum absolute atomic E-state index is 0.639. The molecule has 0 radical (unpaired) electrons. The summed E-state index contributed by atoms with van der Waals surface area (Å²) in [5.41, 5.74) is 3.02. The highest BCUT2D eigenvalue weighted by Gasteiger charge is 2.40. The van der Waals surface area contributed by atoms with Gasteiger partial charge in [-0.25, -0.2) is 0 Å². The Balaban J connectivity index is 1.64. The van der Waals surface area contributed by atoms with Crippen LogP contribution in [-0.4, -0.2) is 30.6 Å². The Bertz CT molecular complexity index is 488. The van der Waals surface area contributed by atoms with Crippen LogP contribution in [0.1, 0.15) is 36.4 Å². The summed E-state index contributed by atoms with van der Waals surface area (Å²) in [6, 6.07) is 7.90. The molecular formula is C16H21ClN2. The first kappa shape index (κ1) is 12.2. The maximum absolute atomic E-state index is 6.12. The lowest BCUT2D eigenvalue weighted by Crippen LogP contribution is -2.46. The molecule has 3 heteroatoms. The molecular weight excluding hydrogens is 256 g/mol. The maximum Gasteiger partial charge on any atom is 0.0408 e. The van der Waals surface area contributed by atoms with E-state index >= 15 is 0 Å². The number of nitrogens with zero attached hydrogens (tertiary/aromatic N) is 1. The minimum Gasteiger partial charge on any atom is -0.315 e. The fraction of sp³-hybridized carbons (Fsp3) is 0.625. The Morgan fingerprint density at radius 1 is 1.21 bits per heavy atom. The molecule has 2 nitrogen and oxygen atoms in total. The lowest BCUT2D eigenvalue weighted by Gasteiger charge is -2.41. The summed E-state index contributed by atoms with van der Waals surface area (Å²) in [7, 11) is 0. The molecule has 0 bridgehead atoms. The summed E-state index contributed by atoms with van der Waals surface area (Å²) >= 11 is 6.12. The molecule has 2 saturated heterocycles. The van der Waals surface area contributed by atoms with Crippen molar-refractivity contribution in [3.8, 4) is 0 Å². The molecule has 4 rings (SSSR count). The number of rotatable bonds is 1. The van der Waals surface area contributed by atoms with Gasteiger partial charge in [0, 0.05) is 23.7 Å². The summed E-state index contributed by atoms with van der Waals surface area (Å²) in [6.45, 7) is 3.68. The lowest BCUT2D eigenvalue weighted by molar-refractivity contribution is 0.0771. The Hall–Kier alpha value is -0.570. The number of halogens is 1. The first-order valence-electron chi connectivity index (χ1n) is 7.58. The van der Waals surface area contributed by atoms with Crippen LogP contribution >= 0.6 is 11.6 Å². The van der Waals surface area contributed by atoms with Gasteiger partial charge in [0.25, 0.3) is 0 Å². The molecule has 1 aromatic rings. The van der Waals surface area contributed by atoms with Crippen molar-refractivity contribution in [1.82, 2.24) is 10.2 Å². The van der Waals surface area contributed by atoms with Gasteiger partial charge < -0.3 is 5.32 Å². The van der Waals surface area contributed by atoms with Gasteiger partial charge in [0.15, 0.2) is 0 Å². The van der Waals surface area contributed by atoms with Gasteiger partial charge in [-0.05, 0) is 68.0 Å². The second kappa shape index (κ2) is 4.76. The highest BCUT2D eigenvalue weighted by molar-refractivity contribution is 6.30. The molecule has 0 aromatic heterocycles. The predicted molar refractivity (Wildman–Crippen MR) is 78.6 cm³/mol. The normalized spacial score (nSPS) is 34.3. The number of fused-ring (bicyclic) bond motifs is 2. The van der Waals surface area contributed by atoms with E-state index < -0.39 is 0 Å². The van der Waals surface area contributed by atoms with E-state index in [2.05, 4.69) is 28.4 Å². The highest BCUT2D eigenvalue weighted by atomic mass is 35.5. The molecule has 1 aromatic carbocycles. The zero-order valence-electron chi connectivity index (χ0n) is 11.2. The first-order chi connectivity index (χ1) is 9.33. The van der Waals surface area contributed by atoms with Crippen molar-refractivity contribution >= 4 is 11.6 Å². The standard InChI is InChI=1S/C16H21ClN2/c17-13-4-5-14-11(8-13)3-6-15(14)19-7-1-2-12-9-18-10-16(12)19/h4-5,8,12,15-16,18H,1-3,6-7,9-10H2. The van der Waals surface area contributed by atoms with Crippen molar-refractivity contribution in [3.05, 3.63) is 34.3 Å². The van der Waals surface area contributed by atoms with Crippen molar-refractivity contribution < 1.29 is 0 Å². The van der Waals surface area contributed by atoms with Gasteiger partial charge in [-0.2, -0.15) is 0 Å². The predicted octanol–water partition coefficient (Wildman–Crippen LogP) is 3.01. The van der Waals surface area contributed by atoms with Crippen molar-refractivity contribution in [2.45, 2.75) is 37.8 Å². The van der Waals surface area contributed by atoms with Gasteiger partial charge in [-0.15, -0.1) is 0 Å². The Morgan fingerprint density at radius 3 is 3.11 bits per heavy atom. The van der Waals surface area contributed by atoms with E-state index in [4.69, 9.17) is 11.6 Å². The van der Waals surface area contributed by atoms with Crippen LogP contribution in [0.2, 0.25) is 5.02 Å². The second-order valence-electron chi connectivity index (χ2n) is 6.26. The maximum atomic E-state index is 6.12. The van der Waals surface area contributed by atoms with Crippen molar-refractivity contribution in [2.75, 3.05) is 19.6 Å². The van der Waals surface area contributed by atoms with E-state index in [9.17, 15) is 0 Å². The van der Waals surface area contributed by atoms with E-state index in [0.29, 0.717) is 6.04 Å². The van der Waals surface area contributed by atoms with Crippen molar-refractivity contribution in [2.24, 2.45) is 5.92 Å². The summed E-state index contributed by atoms with van der Waals surface area (Å²) in [6.07, 6.45) is 5.25. The summed E-state index contributed by atoms with van der Waals surface area (Å²) < 4.78 is 0. The van der Waals surface area contributed by atoms with E-state index in [-0.39, 0.29) is 0 Å². The van der Waals surface area contributed by atoms with Crippen LogP contribution < -0.4 is 5.32 Å². The molecule has 3 atom stereocenters. The van der Waals surface area contributed by atoms with Crippen LogP contribution in [0.15, 0.2) is 18.2 Å². The summed E-state index contributed by atoms with van der Waals surface area (Å²) in [5, 5.41) is 4.48. The fourth-order valence-electron chi connectivity index (χ4n) is 4.40. The van der Waals surface area contributed by atoms with E-state index in [1.165, 1.54) is 56.4 Å².